The monoisotopic (exact) mass is 326 g/mol. The van der Waals surface area contributed by atoms with Crippen LogP contribution in [0.15, 0.2) is 24.3 Å². The largest absolute Gasteiger partial charge is 0.443 e. The normalized spacial score (nSPS) is 21.0. The number of ether oxygens (including phenoxy) is 1. The number of para-hydroxylation sites is 1. The number of aromatic nitrogens is 1. The summed E-state index contributed by atoms with van der Waals surface area (Å²) < 4.78 is 7.20. The Balaban J connectivity index is 1.92. The van der Waals surface area contributed by atoms with Crippen molar-refractivity contribution >= 4 is 22.8 Å². The van der Waals surface area contributed by atoms with Crippen LogP contribution in [0.1, 0.15) is 49.7 Å². The number of carbonyl (C=O) groups excluding carboxylic acids is 2. The highest BCUT2D eigenvalue weighted by atomic mass is 16.6. The molecule has 0 unspecified atom stereocenters. The summed E-state index contributed by atoms with van der Waals surface area (Å²) in [4.78, 5) is 28.0. The van der Waals surface area contributed by atoms with E-state index in [-0.39, 0.29) is 11.8 Å². The van der Waals surface area contributed by atoms with Crippen LogP contribution in [0.4, 0.5) is 4.79 Å². The second-order valence-corrected chi connectivity index (χ2v) is 7.65. The zero-order valence-electron chi connectivity index (χ0n) is 14.3. The summed E-state index contributed by atoms with van der Waals surface area (Å²) in [5.74, 6) is 0.146. The van der Waals surface area contributed by atoms with Crippen LogP contribution in [0.3, 0.4) is 0 Å². The van der Waals surface area contributed by atoms with Crippen LogP contribution in [0.5, 0.6) is 0 Å². The summed E-state index contributed by atoms with van der Waals surface area (Å²) in [5.41, 5.74) is 1.66. The predicted octanol–water partition coefficient (Wildman–Crippen LogP) is 3.59. The first kappa shape index (κ1) is 15.4. The zero-order valence-corrected chi connectivity index (χ0v) is 14.3. The Hall–Kier alpha value is -2.14. The third-order valence-corrected chi connectivity index (χ3v) is 4.81. The average Bonchev–Trinajstić information content (AvgIpc) is 3.07. The maximum absolute atomic E-state index is 13.0. The first-order valence-electron chi connectivity index (χ1n) is 8.51. The fraction of sp³-hybridized carbons (Fsp3) is 0.474. The lowest BCUT2D eigenvalue weighted by molar-refractivity contribution is 0.0533. The molecule has 0 spiro atoms. The fourth-order valence-corrected chi connectivity index (χ4v) is 3.90. The lowest BCUT2D eigenvalue weighted by Gasteiger charge is -2.29. The van der Waals surface area contributed by atoms with E-state index in [1.165, 1.54) is 0 Å². The van der Waals surface area contributed by atoms with E-state index >= 15 is 0 Å². The van der Waals surface area contributed by atoms with Crippen molar-refractivity contribution in [3.05, 3.63) is 35.5 Å². The molecule has 0 aliphatic carbocycles. The number of carbonyl (C=O) groups is 2. The molecule has 2 aliphatic rings. The molecular formula is C19H22N2O3. The Morgan fingerprint density at radius 3 is 2.75 bits per heavy atom. The van der Waals surface area contributed by atoms with Gasteiger partial charge in [0.1, 0.15) is 5.60 Å². The number of benzene rings is 1. The minimum Gasteiger partial charge on any atom is -0.443 e. The van der Waals surface area contributed by atoms with Crippen LogP contribution in [0.25, 0.3) is 10.9 Å². The molecule has 126 valence electrons. The molecule has 0 amide bonds. The second-order valence-electron chi connectivity index (χ2n) is 7.65. The third-order valence-electron chi connectivity index (χ3n) is 4.81. The molecular weight excluding hydrogens is 304 g/mol. The average molecular weight is 326 g/mol. The number of hydrogen-bond acceptors (Lipinski definition) is 4. The van der Waals surface area contributed by atoms with Gasteiger partial charge in [-0.3, -0.25) is 9.69 Å². The van der Waals surface area contributed by atoms with Gasteiger partial charge in [0.2, 0.25) is 0 Å². The Morgan fingerprint density at radius 2 is 2.00 bits per heavy atom. The molecule has 1 aromatic carbocycles. The molecule has 1 atom stereocenters. The first-order valence-corrected chi connectivity index (χ1v) is 8.51. The first-order chi connectivity index (χ1) is 11.4. The summed E-state index contributed by atoms with van der Waals surface area (Å²) in [6, 6.07) is 7.58. The van der Waals surface area contributed by atoms with Gasteiger partial charge < -0.3 is 4.74 Å². The third kappa shape index (κ3) is 2.26. The van der Waals surface area contributed by atoms with Gasteiger partial charge in [-0.1, -0.05) is 18.2 Å². The van der Waals surface area contributed by atoms with Crippen molar-refractivity contribution in [3.63, 3.8) is 0 Å². The molecule has 0 radical (unpaired) electrons. The summed E-state index contributed by atoms with van der Waals surface area (Å²) >= 11 is 0. The van der Waals surface area contributed by atoms with E-state index in [2.05, 4.69) is 4.90 Å². The topological polar surface area (TPSA) is 51.5 Å². The lowest BCUT2D eigenvalue weighted by Crippen LogP contribution is -2.41. The van der Waals surface area contributed by atoms with Crippen LogP contribution in [-0.2, 0) is 11.3 Å². The highest BCUT2D eigenvalue weighted by molar-refractivity contribution is 6.14. The molecule has 1 saturated heterocycles. The van der Waals surface area contributed by atoms with Crippen LogP contribution in [0.2, 0.25) is 0 Å². The Labute approximate surface area is 141 Å². The molecule has 4 rings (SSSR count). The summed E-state index contributed by atoms with van der Waals surface area (Å²) in [7, 11) is 0. The maximum atomic E-state index is 13.0. The second kappa shape index (κ2) is 5.18. The molecule has 5 nitrogen and oxygen atoms in total. The quantitative estimate of drug-likeness (QED) is 0.742. The van der Waals surface area contributed by atoms with Gasteiger partial charge in [-0.15, -0.1) is 0 Å². The number of fused-ring (bicyclic) bond motifs is 4. The Morgan fingerprint density at radius 1 is 1.25 bits per heavy atom. The van der Waals surface area contributed by atoms with Crippen molar-refractivity contribution in [1.82, 2.24) is 9.47 Å². The van der Waals surface area contributed by atoms with E-state index in [1.807, 2.05) is 45.0 Å². The van der Waals surface area contributed by atoms with Crippen molar-refractivity contribution in [3.8, 4) is 0 Å². The van der Waals surface area contributed by atoms with E-state index in [9.17, 15) is 9.59 Å². The highest BCUT2D eigenvalue weighted by Crippen LogP contribution is 2.36. The van der Waals surface area contributed by atoms with Gasteiger partial charge in [0.25, 0.3) is 0 Å². The van der Waals surface area contributed by atoms with Gasteiger partial charge >= 0.3 is 6.09 Å². The molecule has 24 heavy (non-hydrogen) atoms. The maximum Gasteiger partial charge on any atom is 0.419 e. The molecule has 0 bridgehead atoms. The molecule has 0 N–H and O–H groups in total. The van der Waals surface area contributed by atoms with E-state index in [0.29, 0.717) is 12.1 Å². The molecule has 2 aromatic rings. The number of ketones is 1. The Bertz CT molecular complexity index is 844. The van der Waals surface area contributed by atoms with Crippen LogP contribution in [0, 0.1) is 0 Å². The van der Waals surface area contributed by atoms with E-state index < -0.39 is 11.7 Å². The van der Waals surface area contributed by atoms with Gasteiger partial charge in [-0.2, -0.15) is 0 Å². The van der Waals surface area contributed by atoms with Crippen molar-refractivity contribution in [1.29, 1.82) is 0 Å². The molecule has 1 aromatic heterocycles. The van der Waals surface area contributed by atoms with Gasteiger partial charge in [-0.25, -0.2) is 9.36 Å². The van der Waals surface area contributed by atoms with Crippen molar-refractivity contribution in [2.24, 2.45) is 0 Å². The minimum absolute atomic E-state index is 0.0320. The number of hydrogen-bond donors (Lipinski definition) is 0. The molecule has 2 aliphatic heterocycles. The van der Waals surface area contributed by atoms with Crippen molar-refractivity contribution in [2.75, 3.05) is 6.54 Å². The van der Waals surface area contributed by atoms with Crippen molar-refractivity contribution < 1.29 is 14.3 Å². The van der Waals surface area contributed by atoms with Crippen LogP contribution in [-0.4, -0.2) is 39.5 Å². The Kier molecular flexibility index (Phi) is 3.32. The van der Waals surface area contributed by atoms with E-state index in [4.69, 9.17) is 4.74 Å². The summed E-state index contributed by atoms with van der Waals surface area (Å²) in [5, 5.41) is 0.856. The summed E-state index contributed by atoms with van der Waals surface area (Å²) in [6.07, 6.45) is 1.53. The van der Waals surface area contributed by atoms with Crippen molar-refractivity contribution in [2.45, 2.75) is 51.8 Å². The van der Waals surface area contributed by atoms with Crippen LogP contribution >= 0.6 is 0 Å². The van der Waals surface area contributed by atoms with Gasteiger partial charge in [0.05, 0.1) is 17.3 Å². The van der Waals surface area contributed by atoms with Gasteiger partial charge in [0.15, 0.2) is 5.78 Å². The zero-order chi connectivity index (χ0) is 17.1. The lowest BCUT2D eigenvalue weighted by atomic mass is 9.95. The minimum atomic E-state index is -0.579. The fourth-order valence-electron chi connectivity index (χ4n) is 3.90. The number of nitrogens with zero attached hydrogens (tertiary/aromatic N) is 2. The standard InChI is InChI=1S/C19H22N2O3/c1-19(2,3)24-18(23)21-13-8-5-4-7-12(13)16-15(21)11-20-10-6-9-14(20)17(16)22/h4-5,7-8,14H,6,9-11H2,1-3H3/t14-/m0/s1. The van der Waals surface area contributed by atoms with Crippen LogP contribution < -0.4 is 0 Å². The molecule has 5 heteroatoms. The predicted molar refractivity (Wildman–Crippen MR) is 91.3 cm³/mol. The highest BCUT2D eigenvalue weighted by Gasteiger charge is 2.41. The molecule has 1 fully saturated rings. The van der Waals surface area contributed by atoms with Gasteiger partial charge in [-0.05, 0) is 46.2 Å². The summed E-state index contributed by atoms with van der Waals surface area (Å²) in [6.45, 7) is 7.09. The van der Waals surface area contributed by atoms with Gasteiger partial charge in [0, 0.05) is 17.5 Å². The van der Waals surface area contributed by atoms with E-state index in [0.717, 1.165) is 36.0 Å². The smallest absolute Gasteiger partial charge is 0.419 e. The number of Topliss-reactive ketones (excluding diaryl/α,β-unsaturated/α-hetero) is 1. The molecule has 0 saturated carbocycles. The number of rotatable bonds is 0. The van der Waals surface area contributed by atoms with E-state index in [1.54, 1.807) is 4.57 Å². The SMILES string of the molecule is CC(C)(C)OC(=O)n1c2c(c3ccccc31)C(=O)[C@@H]1CCCN1C2. The molecule has 3 heterocycles.